The number of amides is 3. The Balaban J connectivity index is 1.62. The number of nitrogen functional groups attached to an aromatic ring is 1. The Hall–Kier alpha value is -4.01. The number of imidazole rings is 1. The topological polar surface area (TPSA) is 114 Å². The minimum Gasteiger partial charge on any atom is -0.384 e. The van der Waals surface area contributed by atoms with Crippen LogP contribution in [-0.4, -0.2) is 50.2 Å². The number of likely N-dealkylation sites (tertiary alicyclic amines) is 1. The zero-order valence-electron chi connectivity index (χ0n) is 21.0. The molecule has 0 spiro atoms. The minimum atomic E-state index is -0.926. The number of likely N-dealkylation sites (N-methyl/N-ethyl adjacent to an activating group) is 1. The second-order valence-corrected chi connectivity index (χ2v) is 9.65. The number of rotatable bonds is 8. The van der Waals surface area contributed by atoms with E-state index < -0.39 is 12.0 Å². The molecule has 0 aliphatic carbocycles. The largest absolute Gasteiger partial charge is 0.384 e. The van der Waals surface area contributed by atoms with Crippen LogP contribution in [0.4, 0.5) is 11.8 Å². The lowest BCUT2D eigenvalue weighted by Crippen LogP contribution is -2.69. The molecule has 0 radical (unpaired) electrons. The van der Waals surface area contributed by atoms with Crippen LogP contribution in [0.1, 0.15) is 37.3 Å². The molecule has 36 heavy (non-hydrogen) atoms. The lowest BCUT2D eigenvalue weighted by atomic mass is 9.79. The molecule has 1 fully saturated rings. The highest BCUT2D eigenvalue weighted by Crippen LogP contribution is 2.36. The van der Waals surface area contributed by atoms with Gasteiger partial charge < -0.3 is 10.3 Å². The summed E-state index contributed by atoms with van der Waals surface area (Å²) in [5.74, 6) is -0.866. The fourth-order valence-electron chi connectivity index (χ4n) is 4.89. The van der Waals surface area contributed by atoms with Gasteiger partial charge in [0.1, 0.15) is 11.9 Å². The summed E-state index contributed by atoms with van der Waals surface area (Å²) in [5, 5.41) is 0. The summed E-state index contributed by atoms with van der Waals surface area (Å²) in [6, 6.07) is 12.3. The van der Waals surface area contributed by atoms with Crippen molar-refractivity contribution in [2.45, 2.75) is 38.6 Å². The first-order chi connectivity index (χ1) is 17.2. The van der Waals surface area contributed by atoms with Crippen LogP contribution in [0.2, 0.25) is 0 Å². The van der Waals surface area contributed by atoms with Crippen molar-refractivity contribution in [1.82, 2.24) is 19.4 Å². The minimum absolute atomic E-state index is 0.0754. The standard InChI is InChI=1S/C27H32N6O3/c1-17(2)20(19-8-6-5-7-9-19)16-23(34)33-24(26(36)32(4)27-30-12-13-31(27)3)21(25(33)35)14-18-10-11-29-22(28)15-18/h5-13,15,17,20-21,24H,14,16H2,1-4H3,(H2,28,29)/t20-,21-,24+/m1/s1. The van der Waals surface area contributed by atoms with Crippen molar-refractivity contribution in [3.8, 4) is 0 Å². The number of aryl methyl sites for hydroxylation is 1. The molecule has 3 atom stereocenters. The number of β-lactam (4-membered cyclic amide) rings is 1. The normalized spacial score (nSPS) is 18.1. The number of carbonyl (C=O) groups excluding carboxylic acids is 3. The van der Waals surface area contributed by atoms with Crippen LogP contribution >= 0.6 is 0 Å². The Morgan fingerprint density at radius 2 is 1.83 bits per heavy atom. The van der Waals surface area contributed by atoms with Gasteiger partial charge in [-0.1, -0.05) is 44.2 Å². The molecule has 0 saturated carbocycles. The fraction of sp³-hybridized carbons (Fsp3) is 0.370. The molecule has 9 nitrogen and oxygen atoms in total. The molecule has 1 aliphatic heterocycles. The van der Waals surface area contributed by atoms with E-state index in [1.807, 2.05) is 30.3 Å². The van der Waals surface area contributed by atoms with Crippen LogP contribution in [-0.2, 0) is 27.9 Å². The number of hydrogen-bond acceptors (Lipinski definition) is 6. The number of imide groups is 1. The van der Waals surface area contributed by atoms with Crippen LogP contribution < -0.4 is 10.6 Å². The number of hydrogen-bond donors (Lipinski definition) is 1. The third kappa shape index (κ3) is 4.86. The van der Waals surface area contributed by atoms with E-state index in [2.05, 4.69) is 23.8 Å². The van der Waals surface area contributed by atoms with E-state index in [-0.39, 0.29) is 42.4 Å². The molecule has 3 aromatic rings. The molecule has 1 aliphatic rings. The Bertz CT molecular complexity index is 1260. The summed E-state index contributed by atoms with van der Waals surface area (Å²) in [6.45, 7) is 4.11. The van der Waals surface area contributed by atoms with Crippen molar-refractivity contribution in [2.24, 2.45) is 18.9 Å². The predicted molar refractivity (Wildman–Crippen MR) is 137 cm³/mol. The van der Waals surface area contributed by atoms with Crippen molar-refractivity contribution in [1.29, 1.82) is 0 Å². The monoisotopic (exact) mass is 488 g/mol. The van der Waals surface area contributed by atoms with Gasteiger partial charge >= 0.3 is 0 Å². The van der Waals surface area contributed by atoms with E-state index in [0.717, 1.165) is 16.0 Å². The van der Waals surface area contributed by atoms with E-state index in [1.165, 1.54) is 4.90 Å². The summed E-state index contributed by atoms with van der Waals surface area (Å²) in [5.41, 5.74) is 7.64. The first-order valence-electron chi connectivity index (χ1n) is 12.0. The van der Waals surface area contributed by atoms with Crippen molar-refractivity contribution < 1.29 is 14.4 Å². The van der Waals surface area contributed by atoms with E-state index >= 15 is 0 Å². The second-order valence-electron chi connectivity index (χ2n) is 9.65. The first-order valence-corrected chi connectivity index (χ1v) is 12.0. The zero-order chi connectivity index (χ0) is 26.0. The number of aromatic nitrogens is 3. The number of anilines is 2. The van der Waals surface area contributed by atoms with E-state index in [1.54, 1.807) is 49.4 Å². The van der Waals surface area contributed by atoms with Gasteiger partial charge in [0.05, 0.1) is 5.92 Å². The van der Waals surface area contributed by atoms with Gasteiger partial charge in [-0.05, 0) is 41.5 Å². The summed E-state index contributed by atoms with van der Waals surface area (Å²) in [6.07, 6.45) is 5.32. The first kappa shape index (κ1) is 25.1. The van der Waals surface area contributed by atoms with Crippen LogP contribution in [0.5, 0.6) is 0 Å². The van der Waals surface area contributed by atoms with Gasteiger partial charge in [-0.25, -0.2) is 9.97 Å². The molecule has 2 N–H and O–H groups in total. The molecule has 1 aromatic carbocycles. The Kier molecular flexibility index (Phi) is 7.19. The molecular formula is C27H32N6O3. The Morgan fingerprint density at radius 3 is 2.44 bits per heavy atom. The zero-order valence-corrected chi connectivity index (χ0v) is 21.0. The fourth-order valence-corrected chi connectivity index (χ4v) is 4.89. The number of pyridine rings is 1. The lowest BCUT2D eigenvalue weighted by Gasteiger charge is -2.46. The van der Waals surface area contributed by atoms with Crippen molar-refractivity contribution in [3.05, 3.63) is 72.2 Å². The van der Waals surface area contributed by atoms with Gasteiger partial charge in [-0.2, -0.15) is 0 Å². The molecule has 3 heterocycles. The number of nitrogens with two attached hydrogens (primary N) is 1. The average Bonchev–Trinajstić information content (AvgIpc) is 3.29. The highest BCUT2D eigenvalue weighted by Gasteiger charge is 2.55. The number of nitrogens with zero attached hydrogens (tertiary/aromatic N) is 5. The smallest absolute Gasteiger partial charge is 0.253 e. The molecule has 9 heteroatoms. The van der Waals surface area contributed by atoms with Gasteiger partial charge in [-0.15, -0.1) is 0 Å². The van der Waals surface area contributed by atoms with Crippen LogP contribution in [0.3, 0.4) is 0 Å². The maximum atomic E-state index is 13.7. The van der Waals surface area contributed by atoms with Crippen LogP contribution in [0.15, 0.2) is 61.1 Å². The third-order valence-corrected chi connectivity index (χ3v) is 6.89. The molecule has 0 unspecified atom stereocenters. The van der Waals surface area contributed by atoms with Crippen LogP contribution in [0.25, 0.3) is 0 Å². The highest BCUT2D eigenvalue weighted by atomic mass is 16.2. The van der Waals surface area contributed by atoms with Crippen molar-refractivity contribution in [3.63, 3.8) is 0 Å². The van der Waals surface area contributed by atoms with Gasteiger partial charge in [-0.3, -0.25) is 24.2 Å². The summed E-state index contributed by atoms with van der Waals surface area (Å²) < 4.78 is 1.72. The third-order valence-electron chi connectivity index (χ3n) is 6.89. The summed E-state index contributed by atoms with van der Waals surface area (Å²) in [4.78, 5) is 51.4. The number of benzene rings is 1. The van der Waals surface area contributed by atoms with E-state index in [9.17, 15) is 14.4 Å². The van der Waals surface area contributed by atoms with Crippen LogP contribution in [0, 0.1) is 11.8 Å². The average molecular weight is 489 g/mol. The summed E-state index contributed by atoms with van der Waals surface area (Å²) in [7, 11) is 3.39. The Morgan fingerprint density at radius 1 is 1.11 bits per heavy atom. The SMILES string of the molecule is CC(C)[C@@H](CC(=O)N1C(=O)[C@H](Cc2ccnc(N)c2)[C@H]1C(=O)N(C)c1nccn1C)c1ccccc1. The van der Waals surface area contributed by atoms with Gasteiger partial charge in [0.25, 0.3) is 5.91 Å². The molecule has 3 amide bonds. The van der Waals surface area contributed by atoms with Gasteiger partial charge in [0.15, 0.2) is 0 Å². The quantitative estimate of drug-likeness (QED) is 0.488. The second kappa shape index (κ2) is 10.3. The molecular weight excluding hydrogens is 456 g/mol. The molecule has 0 bridgehead atoms. The molecule has 2 aromatic heterocycles. The summed E-state index contributed by atoms with van der Waals surface area (Å²) >= 11 is 0. The van der Waals surface area contributed by atoms with Gasteiger partial charge in [0.2, 0.25) is 17.8 Å². The maximum absolute atomic E-state index is 13.7. The maximum Gasteiger partial charge on any atom is 0.253 e. The molecule has 188 valence electrons. The Labute approximate surface area is 210 Å². The molecule has 1 saturated heterocycles. The van der Waals surface area contributed by atoms with Gasteiger partial charge in [0, 0.05) is 39.1 Å². The van der Waals surface area contributed by atoms with Crippen molar-refractivity contribution in [2.75, 3.05) is 17.7 Å². The van der Waals surface area contributed by atoms with E-state index in [0.29, 0.717) is 11.8 Å². The van der Waals surface area contributed by atoms with Crippen molar-refractivity contribution >= 4 is 29.5 Å². The molecule has 4 rings (SSSR count). The van der Waals surface area contributed by atoms with E-state index in [4.69, 9.17) is 5.73 Å². The highest BCUT2D eigenvalue weighted by molar-refractivity contribution is 6.12. The lowest BCUT2D eigenvalue weighted by molar-refractivity contribution is -0.170. The predicted octanol–water partition coefficient (Wildman–Crippen LogP) is 2.79. The number of carbonyl (C=O) groups is 3.